The number of carbonyl (C=O) groups is 1. The van der Waals surface area contributed by atoms with Gasteiger partial charge < -0.3 is 5.73 Å². The van der Waals surface area contributed by atoms with E-state index in [4.69, 9.17) is 5.73 Å². The minimum Gasteiger partial charge on any atom is -0.330 e. The summed E-state index contributed by atoms with van der Waals surface area (Å²) in [6.45, 7) is 2.77. The first-order valence-corrected chi connectivity index (χ1v) is 6.59. The molecule has 0 bridgehead atoms. The van der Waals surface area contributed by atoms with Crippen LogP contribution in [0.5, 0.6) is 0 Å². The van der Waals surface area contributed by atoms with Gasteiger partial charge in [0.2, 0.25) is 0 Å². The van der Waals surface area contributed by atoms with E-state index in [0.717, 1.165) is 31.2 Å². The predicted octanol–water partition coefficient (Wildman–Crippen LogP) is 2.81. The number of Topliss-reactive ketones (excluding diaryl/α,β-unsaturated/α-hetero) is 1. The van der Waals surface area contributed by atoms with Crippen molar-refractivity contribution in [3.8, 4) is 0 Å². The van der Waals surface area contributed by atoms with Gasteiger partial charge in [-0.3, -0.25) is 4.79 Å². The van der Waals surface area contributed by atoms with Crippen molar-refractivity contribution in [3.05, 3.63) is 35.4 Å². The lowest BCUT2D eigenvalue weighted by Crippen LogP contribution is -2.25. The highest BCUT2D eigenvalue weighted by Gasteiger charge is 2.32. The van der Waals surface area contributed by atoms with Gasteiger partial charge in [-0.25, -0.2) is 0 Å². The van der Waals surface area contributed by atoms with Crippen LogP contribution in [0.2, 0.25) is 0 Å². The second-order valence-corrected chi connectivity index (χ2v) is 4.95. The topological polar surface area (TPSA) is 43.1 Å². The number of rotatable bonds is 4. The summed E-state index contributed by atoms with van der Waals surface area (Å²) in [5.41, 5.74) is 7.87. The monoisotopic (exact) mass is 231 g/mol. The molecule has 92 valence electrons. The maximum absolute atomic E-state index is 12.4. The van der Waals surface area contributed by atoms with Crippen molar-refractivity contribution in [1.29, 1.82) is 0 Å². The summed E-state index contributed by atoms with van der Waals surface area (Å²) in [6, 6.07) is 8.04. The Morgan fingerprint density at radius 1 is 1.29 bits per heavy atom. The number of carbonyl (C=O) groups excluding carboxylic acids is 1. The van der Waals surface area contributed by atoms with Gasteiger partial charge in [-0.2, -0.15) is 0 Å². The van der Waals surface area contributed by atoms with E-state index in [1.54, 1.807) is 0 Å². The molecule has 2 heteroatoms. The first-order valence-electron chi connectivity index (χ1n) is 6.59. The summed E-state index contributed by atoms with van der Waals surface area (Å²) >= 11 is 0. The molecule has 1 aromatic rings. The number of nitrogens with two attached hydrogens (primary N) is 1. The van der Waals surface area contributed by atoms with Crippen LogP contribution in [0.4, 0.5) is 0 Å². The SMILES string of the molecule is CCc1ccc(C(=O)C2CCCC2CN)cc1. The Morgan fingerprint density at radius 3 is 2.59 bits per heavy atom. The van der Waals surface area contributed by atoms with Crippen molar-refractivity contribution < 1.29 is 4.79 Å². The fraction of sp³-hybridized carbons (Fsp3) is 0.533. The molecule has 0 aromatic heterocycles. The summed E-state index contributed by atoms with van der Waals surface area (Å²) < 4.78 is 0. The molecule has 0 saturated heterocycles. The molecule has 2 atom stereocenters. The van der Waals surface area contributed by atoms with Gasteiger partial charge in [-0.05, 0) is 37.3 Å². The van der Waals surface area contributed by atoms with Crippen molar-refractivity contribution in [2.75, 3.05) is 6.54 Å². The van der Waals surface area contributed by atoms with E-state index in [-0.39, 0.29) is 5.92 Å². The summed E-state index contributed by atoms with van der Waals surface area (Å²) in [6.07, 6.45) is 4.28. The number of aryl methyl sites for hydroxylation is 1. The van der Waals surface area contributed by atoms with E-state index < -0.39 is 0 Å². The summed E-state index contributed by atoms with van der Waals surface area (Å²) in [7, 11) is 0. The molecule has 1 aromatic carbocycles. The molecule has 2 unspecified atom stereocenters. The Balaban J connectivity index is 2.13. The molecule has 1 aliphatic carbocycles. The van der Waals surface area contributed by atoms with Crippen LogP contribution in [0.15, 0.2) is 24.3 Å². The van der Waals surface area contributed by atoms with E-state index in [2.05, 4.69) is 19.1 Å². The molecular formula is C15H21NO. The number of benzene rings is 1. The molecule has 2 N–H and O–H groups in total. The molecule has 0 radical (unpaired) electrons. The van der Waals surface area contributed by atoms with Crippen LogP contribution in [0.25, 0.3) is 0 Å². The first kappa shape index (κ1) is 12.3. The minimum atomic E-state index is 0.160. The smallest absolute Gasteiger partial charge is 0.166 e. The van der Waals surface area contributed by atoms with Gasteiger partial charge in [0, 0.05) is 11.5 Å². The Morgan fingerprint density at radius 2 is 2.00 bits per heavy atom. The maximum Gasteiger partial charge on any atom is 0.166 e. The van der Waals surface area contributed by atoms with E-state index >= 15 is 0 Å². The maximum atomic E-state index is 12.4. The average Bonchev–Trinajstić information content (AvgIpc) is 2.86. The van der Waals surface area contributed by atoms with Gasteiger partial charge in [0.15, 0.2) is 5.78 Å². The van der Waals surface area contributed by atoms with E-state index in [9.17, 15) is 4.79 Å². The third-order valence-electron chi connectivity index (χ3n) is 3.95. The van der Waals surface area contributed by atoms with Crippen LogP contribution in [0, 0.1) is 11.8 Å². The van der Waals surface area contributed by atoms with Gasteiger partial charge in [0.1, 0.15) is 0 Å². The normalized spacial score (nSPS) is 23.9. The molecule has 2 rings (SSSR count). The highest BCUT2D eigenvalue weighted by atomic mass is 16.1. The lowest BCUT2D eigenvalue weighted by molar-refractivity contribution is 0.0893. The quantitative estimate of drug-likeness (QED) is 0.810. The second-order valence-electron chi connectivity index (χ2n) is 4.95. The zero-order valence-electron chi connectivity index (χ0n) is 10.5. The lowest BCUT2D eigenvalue weighted by atomic mass is 9.88. The van der Waals surface area contributed by atoms with Crippen molar-refractivity contribution in [2.45, 2.75) is 32.6 Å². The standard InChI is InChI=1S/C15H21NO/c1-2-11-6-8-12(9-7-11)15(17)14-5-3-4-13(14)10-16/h6-9,13-14H,2-5,10,16H2,1H3. The fourth-order valence-electron chi connectivity index (χ4n) is 2.78. The molecule has 17 heavy (non-hydrogen) atoms. The molecule has 0 amide bonds. The fourth-order valence-corrected chi connectivity index (χ4v) is 2.78. The highest BCUT2D eigenvalue weighted by molar-refractivity contribution is 5.98. The van der Waals surface area contributed by atoms with Crippen LogP contribution in [-0.2, 0) is 6.42 Å². The van der Waals surface area contributed by atoms with Crippen molar-refractivity contribution in [1.82, 2.24) is 0 Å². The molecule has 1 fully saturated rings. The lowest BCUT2D eigenvalue weighted by Gasteiger charge is -2.16. The first-order chi connectivity index (χ1) is 8.26. The molecule has 0 heterocycles. The van der Waals surface area contributed by atoms with Crippen molar-refractivity contribution >= 4 is 5.78 Å². The second kappa shape index (κ2) is 5.46. The summed E-state index contributed by atoms with van der Waals surface area (Å²) in [5.74, 6) is 0.849. The third kappa shape index (κ3) is 2.58. The van der Waals surface area contributed by atoms with Crippen LogP contribution in [0.1, 0.15) is 42.1 Å². The Hall–Kier alpha value is -1.15. The molecule has 0 aliphatic heterocycles. The van der Waals surface area contributed by atoms with Crippen LogP contribution in [0.3, 0.4) is 0 Å². The van der Waals surface area contributed by atoms with Crippen molar-refractivity contribution in [3.63, 3.8) is 0 Å². The summed E-state index contributed by atoms with van der Waals surface area (Å²) in [5, 5.41) is 0. The molecule has 2 nitrogen and oxygen atoms in total. The van der Waals surface area contributed by atoms with E-state index in [0.29, 0.717) is 18.2 Å². The minimum absolute atomic E-state index is 0.160. The largest absolute Gasteiger partial charge is 0.330 e. The van der Waals surface area contributed by atoms with Crippen molar-refractivity contribution in [2.24, 2.45) is 17.6 Å². The Kier molecular flexibility index (Phi) is 3.95. The zero-order chi connectivity index (χ0) is 12.3. The van der Waals surface area contributed by atoms with Crippen LogP contribution < -0.4 is 5.73 Å². The van der Waals surface area contributed by atoms with Crippen LogP contribution in [-0.4, -0.2) is 12.3 Å². The molecular weight excluding hydrogens is 210 g/mol. The number of hydrogen-bond acceptors (Lipinski definition) is 2. The number of ketones is 1. The van der Waals surface area contributed by atoms with Gasteiger partial charge in [0.05, 0.1) is 0 Å². The summed E-state index contributed by atoms with van der Waals surface area (Å²) in [4.78, 5) is 12.4. The molecule has 1 aliphatic rings. The van der Waals surface area contributed by atoms with Gasteiger partial charge >= 0.3 is 0 Å². The Labute approximate surface area is 103 Å². The number of hydrogen-bond donors (Lipinski definition) is 1. The van der Waals surface area contributed by atoms with E-state index in [1.807, 2.05) is 12.1 Å². The predicted molar refractivity (Wildman–Crippen MR) is 70.0 cm³/mol. The van der Waals surface area contributed by atoms with Gasteiger partial charge in [0.25, 0.3) is 0 Å². The zero-order valence-corrected chi connectivity index (χ0v) is 10.5. The highest BCUT2D eigenvalue weighted by Crippen LogP contribution is 2.33. The van der Waals surface area contributed by atoms with Gasteiger partial charge in [-0.15, -0.1) is 0 Å². The van der Waals surface area contributed by atoms with Crippen LogP contribution >= 0.6 is 0 Å². The average molecular weight is 231 g/mol. The third-order valence-corrected chi connectivity index (χ3v) is 3.95. The Bertz CT molecular complexity index is 382. The molecule has 0 spiro atoms. The molecule has 1 saturated carbocycles. The van der Waals surface area contributed by atoms with E-state index in [1.165, 1.54) is 5.56 Å². The van der Waals surface area contributed by atoms with Gasteiger partial charge in [-0.1, -0.05) is 37.6 Å².